The lowest BCUT2D eigenvalue weighted by molar-refractivity contribution is 1.23. The lowest BCUT2D eigenvalue weighted by atomic mass is 10.0. The summed E-state index contributed by atoms with van der Waals surface area (Å²) in [6.07, 6.45) is 0. The molecule has 6 rings (SSSR count). The highest BCUT2D eigenvalue weighted by molar-refractivity contribution is 9.11. The van der Waals surface area contributed by atoms with Gasteiger partial charge in [-0.25, -0.2) is 0 Å². The van der Waals surface area contributed by atoms with Gasteiger partial charge in [0.1, 0.15) is 0 Å². The molecule has 2 nitrogen and oxygen atoms in total. The minimum atomic E-state index is 1.04. The topological polar surface area (TPSA) is 6.48 Å². The van der Waals surface area contributed by atoms with E-state index in [2.05, 4.69) is 207 Å². The minimum absolute atomic E-state index is 1.04. The summed E-state index contributed by atoms with van der Waals surface area (Å²) in [6.45, 7) is 0. The average Bonchev–Trinajstić information content (AvgIpc) is 2.97. The van der Waals surface area contributed by atoms with E-state index in [4.69, 9.17) is 0 Å². The molecule has 6 aromatic carbocycles. The van der Waals surface area contributed by atoms with Crippen molar-refractivity contribution in [1.82, 2.24) is 0 Å². The van der Waals surface area contributed by atoms with Gasteiger partial charge in [0, 0.05) is 40.6 Å². The number of hydrogen-bond donors (Lipinski definition) is 0. The van der Waals surface area contributed by atoms with E-state index in [9.17, 15) is 0 Å². The second-order valence-electron chi connectivity index (χ2n) is 9.26. The van der Waals surface area contributed by atoms with Gasteiger partial charge in [-0.15, -0.1) is 0 Å². The lowest BCUT2D eigenvalue weighted by Gasteiger charge is -2.33. The molecule has 0 fully saturated rings. The molecule has 196 valence electrons. The lowest BCUT2D eigenvalue weighted by Crippen LogP contribution is -2.17. The third-order valence-corrected chi connectivity index (χ3v) is 8.78. The Kier molecular flexibility index (Phi) is 8.12. The molecule has 0 aliphatic heterocycles. The van der Waals surface area contributed by atoms with E-state index >= 15 is 0 Å². The van der Waals surface area contributed by atoms with Gasteiger partial charge in [-0.05, 0) is 120 Å². The van der Waals surface area contributed by atoms with Crippen molar-refractivity contribution in [2.45, 2.75) is 0 Å². The smallest absolute Gasteiger partial charge is 0.0708 e. The molecule has 0 N–H and O–H groups in total. The SMILES string of the molecule is Brc1ccc(N(c2ccc(Br)cc2)c2cc3ccccc3cc2N(c2ccc(Br)cc2)c2ccc(Br)cc2)cc1. The fourth-order valence-electron chi connectivity index (χ4n) is 4.79. The van der Waals surface area contributed by atoms with E-state index in [-0.39, 0.29) is 0 Å². The van der Waals surface area contributed by atoms with Crippen LogP contribution in [0.2, 0.25) is 0 Å². The Morgan fingerprint density at radius 3 is 0.825 bits per heavy atom. The van der Waals surface area contributed by atoms with Crippen LogP contribution < -0.4 is 9.80 Å². The Bertz CT molecular complexity index is 1540. The van der Waals surface area contributed by atoms with Gasteiger partial charge in [0.25, 0.3) is 0 Å². The average molecular weight is 778 g/mol. The van der Waals surface area contributed by atoms with Crippen molar-refractivity contribution in [3.05, 3.63) is 151 Å². The molecule has 6 heteroatoms. The highest BCUT2D eigenvalue weighted by atomic mass is 79.9. The van der Waals surface area contributed by atoms with Gasteiger partial charge in [0.05, 0.1) is 11.4 Å². The highest BCUT2D eigenvalue weighted by Crippen LogP contribution is 2.47. The number of benzene rings is 6. The van der Waals surface area contributed by atoms with Crippen LogP contribution >= 0.6 is 63.7 Å². The predicted molar refractivity (Wildman–Crippen MR) is 184 cm³/mol. The fourth-order valence-corrected chi connectivity index (χ4v) is 5.85. The Morgan fingerprint density at radius 1 is 0.325 bits per heavy atom. The van der Waals surface area contributed by atoms with Gasteiger partial charge in [0.2, 0.25) is 0 Å². The Hall–Kier alpha value is -2.90. The van der Waals surface area contributed by atoms with E-state index in [0.717, 1.165) is 52.0 Å². The van der Waals surface area contributed by atoms with Gasteiger partial charge >= 0.3 is 0 Å². The summed E-state index contributed by atoms with van der Waals surface area (Å²) in [6, 6.07) is 47.0. The predicted octanol–water partition coefficient (Wildman–Crippen LogP) is 12.8. The van der Waals surface area contributed by atoms with Crippen molar-refractivity contribution in [1.29, 1.82) is 0 Å². The summed E-state index contributed by atoms with van der Waals surface area (Å²) in [5.41, 5.74) is 6.38. The Balaban J connectivity index is 1.68. The Morgan fingerprint density at radius 2 is 0.575 bits per heavy atom. The summed E-state index contributed by atoms with van der Waals surface area (Å²) in [7, 11) is 0. The second-order valence-corrected chi connectivity index (χ2v) is 12.9. The molecule has 0 saturated heterocycles. The van der Waals surface area contributed by atoms with E-state index in [1.807, 2.05) is 0 Å². The van der Waals surface area contributed by atoms with Crippen LogP contribution in [0.5, 0.6) is 0 Å². The largest absolute Gasteiger partial charge is 0.308 e. The van der Waals surface area contributed by atoms with Crippen LogP contribution in [0.15, 0.2) is 151 Å². The van der Waals surface area contributed by atoms with Gasteiger partial charge in [-0.1, -0.05) is 88.0 Å². The van der Waals surface area contributed by atoms with Crippen LogP contribution in [-0.4, -0.2) is 0 Å². The molecule has 0 aliphatic rings. The molecule has 0 aromatic heterocycles. The van der Waals surface area contributed by atoms with Crippen LogP contribution in [0, 0.1) is 0 Å². The molecule has 0 atom stereocenters. The van der Waals surface area contributed by atoms with Crippen molar-refractivity contribution >= 4 is 109 Å². The van der Waals surface area contributed by atoms with Crippen LogP contribution in [0.1, 0.15) is 0 Å². The highest BCUT2D eigenvalue weighted by Gasteiger charge is 2.23. The Labute approximate surface area is 267 Å². The fraction of sp³-hybridized carbons (Fsp3) is 0. The van der Waals surface area contributed by atoms with Crippen LogP contribution in [-0.2, 0) is 0 Å². The third kappa shape index (κ3) is 5.77. The van der Waals surface area contributed by atoms with Crippen molar-refractivity contribution in [2.75, 3.05) is 9.80 Å². The molecule has 0 unspecified atom stereocenters. The van der Waals surface area contributed by atoms with E-state index in [0.29, 0.717) is 0 Å². The molecule has 0 radical (unpaired) electrons. The minimum Gasteiger partial charge on any atom is -0.308 e. The maximum atomic E-state index is 3.62. The normalized spacial score (nSPS) is 11.0. The first-order valence-electron chi connectivity index (χ1n) is 12.6. The maximum Gasteiger partial charge on any atom is 0.0708 e. The number of anilines is 6. The standard InChI is InChI=1S/C34H22Br4N2/c35-25-5-13-29(14-6-25)39(30-15-7-26(36)8-16-30)33-21-23-3-1-2-4-24(23)22-34(33)40(31-17-9-27(37)10-18-31)32-19-11-28(38)12-20-32/h1-22H. The number of halogens is 4. The van der Waals surface area contributed by atoms with E-state index in [1.54, 1.807) is 0 Å². The van der Waals surface area contributed by atoms with E-state index in [1.165, 1.54) is 10.8 Å². The zero-order valence-corrected chi connectivity index (χ0v) is 27.5. The van der Waals surface area contributed by atoms with Gasteiger partial charge < -0.3 is 9.80 Å². The molecule has 40 heavy (non-hydrogen) atoms. The molecule has 0 heterocycles. The van der Waals surface area contributed by atoms with Crippen molar-refractivity contribution in [3.8, 4) is 0 Å². The summed E-state index contributed by atoms with van der Waals surface area (Å²) in [4.78, 5) is 4.65. The number of nitrogens with zero attached hydrogens (tertiary/aromatic N) is 2. The quantitative estimate of drug-likeness (QED) is 0.166. The van der Waals surface area contributed by atoms with Crippen LogP contribution in [0.4, 0.5) is 34.1 Å². The van der Waals surface area contributed by atoms with Gasteiger partial charge in [-0.2, -0.15) is 0 Å². The van der Waals surface area contributed by atoms with Gasteiger partial charge in [-0.3, -0.25) is 0 Å². The summed E-state index contributed by atoms with van der Waals surface area (Å²) in [5, 5.41) is 2.35. The summed E-state index contributed by atoms with van der Waals surface area (Å²) in [5.74, 6) is 0. The molecule has 0 spiro atoms. The van der Waals surface area contributed by atoms with Crippen LogP contribution in [0.25, 0.3) is 10.8 Å². The van der Waals surface area contributed by atoms with Crippen molar-refractivity contribution < 1.29 is 0 Å². The van der Waals surface area contributed by atoms with Crippen LogP contribution in [0.3, 0.4) is 0 Å². The van der Waals surface area contributed by atoms with Crippen molar-refractivity contribution in [3.63, 3.8) is 0 Å². The number of rotatable bonds is 6. The molecule has 6 aromatic rings. The first-order valence-corrected chi connectivity index (χ1v) is 15.8. The zero-order chi connectivity index (χ0) is 27.6. The third-order valence-electron chi connectivity index (χ3n) is 6.66. The molecular formula is C34H22Br4N2. The monoisotopic (exact) mass is 774 g/mol. The van der Waals surface area contributed by atoms with E-state index < -0.39 is 0 Å². The zero-order valence-electron chi connectivity index (χ0n) is 21.1. The second kappa shape index (κ2) is 11.9. The first kappa shape index (κ1) is 27.3. The number of fused-ring (bicyclic) bond motifs is 1. The first-order chi connectivity index (χ1) is 19.5. The molecule has 0 aliphatic carbocycles. The van der Waals surface area contributed by atoms with Gasteiger partial charge in [0.15, 0.2) is 0 Å². The number of hydrogen-bond acceptors (Lipinski definition) is 2. The molecule has 0 bridgehead atoms. The molecular weight excluding hydrogens is 756 g/mol. The van der Waals surface area contributed by atoms with Crippen molar-refractivity contribution in [2.24, 2.45) is 0 Å². The maximum absolute atomic E-state index is 3.62. The molecule has 0 amide bonds. The summed E-state index contributed by atoms with van der Waals surface area (Å²) < 4.78 is 4.16. The molecule has 0 saturated carbocycles. The summed E-state index contributed by atoms with van der Waals surface area (Å²) >= 11 is 14.5.